The molecular weight excluding hydrogens is 396 g/mol. The molecule has 1 unspecified atom stereocenters. The monoisotopic (exact) mass is 420 g/mol. The average Bonchev–Trinajstić information content (AvgIpc) is 3.50. The van der Waals surface area contributed by atoms with Crippen LogP contribution in [-0.4, -0.2) is 43.5 Å². The van der Waals surface area contributed by atoms with Crippen molar-refractivity contribution in [3.05, 3.63) is 78.3 Å². The van der Waals surface area contributed by atoms with E-state index in [2.05, 4.69) is 17.4 Å². The van der Waals surface area contributed by atoms with Gasteiger partial charge in [0.1, 0.15) is 11.5 Å². The van der Waals surface area contributed by atoms with Crippen LogP contribution in [0, 0.1) is 0 Å². The zero-order valence-electron chi connectivity index (χ0n) is 17.2. The Hall–Kier alpha value is -3.74. The number of amides is 2. The Labute approximate surface area is 180 Å². The van der Waals surface area contributed by atoms with E-state index in [1.807, 2.05) is 17.0 Å². The molecule has 2 amide bonds. The molecule has 0 radical (unpaired) electrons. The SMILES string of the molecule is COc1ccc(C2CCN(C(=O)COc3cccc(NC(=O)c4ccco4)c3)C2)cc1. The van der Waals surface area contributed by atoms with E-state index in [9.17, 15) is 9.59 Å². The van der Waals surface area contributed by atoms with Gasteiger partial charge in [0.15, 0.2) is 12.4 Å². The zero-order chi connectivity index (χ0) is 21.6. The number of hydrogen-bond acceptors (Lipinski definition) is 5. The molecule has 1 saturated heterocycles. The molecule has 7 nitrogen and oxygen atoms in total. The van der Waals surface area contributed by atoms with E-state index in [0.29, 0.717) is 30.4 Å². The van der Waals surface area contributed by atoms with Gasteiger partial charge in [0.05, 0.1) is 13.4 Å². The van der Waals surface area contributed by atoms with Crippen LogP contribution in [0.1, 0.15) is 28.5 Å². The number of anilines is 1. The van der Waals surface area contributed by atoms with E-state index in [1.54, 1.807) is 43.5 Å². The van der Waals surface area contributed by atoms with E-state index >= 15 is 0 Å². The second-order valence-electron chi connectivity index (χ2n) is 7.35. The lowest BCUT2D eigenvalue weighted by Crippen LogP contribution is -2.32. The van der Waals surface area contributed by atoms with Crippen molar-refractivity contribution in [2.24, 2.45) is 0 Å². The number of ether oxygens (including phenoxy) is 2. The third kappa shape index (κ3) is 5.06. The van der Waals surface area contributed by atoms with Gasteiger partial charge in [0, 0.05) is 30.8 Å². The first kappa shape index (κ1) is 20.5. The molecule has 2 heterocycles. The molecule has 1 fully saturated rings. The highest BCUT2D eigenvalue weighted by Gasteiger charge is 2.27. The fraction of sp³-hybridized carbons (Fsp3) is 0.250. The van der Waals surface area contributed by atoms with Crippen molar-refractivity contribution in [2.45, 2.75) is 12.3 Å². The minimum absolute atomic E-state index is 0.0507. The molecule has 1 N–H and O–H groups in total. The lowest BCUT2D eigenvalue weighted by molar-refractivity contribution is -0.132. The van der Waals surface area contributed by atoms with E-state index in [0.717, 1.165) is 12.2 Å². The lowest BCUT2D eigenvalue weighted by Gasteiger charge is -2.17. The van der Waals surface area contributed by atoms with E-state index in [1.165, 1.54) is 11.8 Å². The Balaban J connectivity index is 1.29. The first-order chi connectivity index (χ1) is 15.1. The molecule has 4 rings (SSSR count). The Kier molecular flexibility index (Phi) is 6.21. The van der Waals surface area contributed by atoms with Gasteiger partial charge in [0.2, 0.25) is 0 Å². The van der Waals surface area contributed by atoms with Gasteiger partial charge in [-0.05, 0) is 48.4 Å². The van der Waals surface area contributed by atoms with Gasteiger partial charge in [-0.25, -0.2) is 0 Å². The molecule has 1 atom stereocenters. The fourth-order valence-corrected chi connectivity index (χ4v) is 3.64. The van der Waals surface area contributed by atoms with Crippen LogP contribution in [0.4, 0.5) is 5.69 Å². The topological polar surface area (TPSA) is 81.0 Å². The van der Waals surface area contributed by atoms with E-state index in [-0.39, 0.29) is 24.2 Å². The normalized spacial score (nSPS) is 15.5. The molecule has 0 saturated carbocycles. The summed E-state index contributed by atoms with van der Waals surface area (Å²) in [6, 6.07) is 18.2. The molecule has 2 aromatic carbocycles. The van der Waals surface area contributed by atoms with Gasteiger partial charge < -0.3 is 24.1 Å². The molecular formula is C24H24N2O5. The van der Waals surface area contributed by atoms with Crippen LogP contribution in [0.15, 0.2) is 71.3 Å². The maximum atomic E-state index is 12.6. The van der Waals surface area contributed by atoms with Gasteiger partial charge in [-0.2, -0.15) is 0 Å². The van der Waals surface area contributed by atoms with Crippen molar-refractivity contribution in [3.8, 4) is 11.5 Å². The zero-order valence-corrected chi connectivity index (χ0v) is 17.2. The predicted octanol–water partition coefficient (Wildman–Crippen LogP) is 3.94. The number of likely N-dealkylation sites (tertiary alicyclic amines) is 1. The second kappa shape index (κ2) is 9.38. The molecule has 1 aromatic heterocycles. The van der Waals surface area contributed by atoms with Crippen molar-refractivity contribution in [1.82, 2.24) is 4.90 Å². The summed E-state index contributed by atoms with van der Waals surface area (Å²) in [5.41, 5.74) is 1.77. The van der Waals surface area contributed by atoms with E-state index < -0.39 is 0 Å². The number of nitrogens with zero attached hydrogens (tertiary/aromatic N) is 1. The van der Waals surface area contributed by atoms with Crippen LogP contribution < -0.4 is 14.8 Å². The van der Waals surface area contributed by atoms with Crippen LogP contribution in [-0.2, 0) is 4.79 Å². The maximum absolute atomic E-state index is 12.6. The molecule has 1 aliphatic rings. The molecule has 7 heteroatoms. The van der Waals surface area contributed by atoms with Crippen molar-refractivity contribution >= 4 is 17.5 Å². The fourth-order valence-electron chi connectivity index (χ4n) is 3.64. The maximum Gasteiger partial charge on any atom is 0.291 e. The van der Waals surface area contributed by atoms with Gasteiger partial charge in [-0.15, -0.1) is 0 Å². The molecule has 160 valence electrons. The van der Waals surface area contributed by atoms with Crippen LogP contribution in [0.5, 0.6) is 11.5 Å². The van der Waals surface area contributed by atoms with Crippen LogP contribution in [0.3, 0.4) is 0 Å². The van der Waals surface area contributed by atoms with Crippen molar-refractivity contribution in [3.63, 3.8) is 0 Å². The standard InChI is InChI=1S/C24H24N2O5/c1-29-20-9-7-17(8-10-20)18-11-12-26(15-18)23(27)16-31-21-5-2-4-19(14-21)25-24(28)22-6-3-13-30-22/h2-10,13-14,18H,11-12,15-16H2,1H3,(H,25,28). The second-order valence-corrected chi connectivity index (χ2v) is 7.35. The summed E-state index contributed by atoms with van der Waals surface area (Å²) < 4.78 is 16.0. The highest BCUT2D eigenvalue weighted by atomic mass is 16.5. The van der Waals surface area contributed by atoms with Crippen molar-refractivity contribution in [2.75, 3.05) is 32.1 Å². The summed E-state index contributed by atoms with van der Waals surface area (Å²) in [7, 11) is 1.65. The molecule has 0 bridgehead atoms. The third-order valence-corrected chi connectivity index (χ3v) is 5.33. The molecule has 0 spiro atoms. The number of carbonyl (C=O) groups is 2. The number of rotatable bonds is 7. The number of nitrogens with one attached hydrogen (secondary N) is 1. The van der Waals surface area contributed by atoms with Crippen LogP contribution >= 0.6 is 0 Å². The number of hydrogen-bond donors (Lipinski definition) is 1. The first-order valence-electron chi connectivity index (χ1n) is 10.1. The molecule has 0 aliphatic carbocycles. The van der Waals surface area contributed by atoms with Gasteiger partial charge >= 0.3 is 0 Å². The Morgan fingerprint density at radius 2 is 1.94 bits per heavy atom. The number of benzene rings is 2. The van der Waals surface area contributed by atoms with Gasteiger partial charge in [-0.3, -0.25) is 9.59 Å². The summed E-state index contributed by atoms with van der Waals surface area (Å²) in [5.74, 6) is 1.47. The molecule has 3 aromatic rings. The third-order valence-electron chi connectivity index (χ3n) is 5.33. The predicted molar refractivity (Wildman–Crippen MR) is 116 cm³/mol. The summed E-state index contributed by atoms with van der Waals surface area (Å²) in [4.78, 5) is 26.5. The van der Waals surface area contributed by atoms with Gasteiger partial charge in [-0.1, -0.05) is 18.2 Å². The van der Waals surface area contributed by atoms with Crippen LogP contribution in [0.2, 0.25) is 0 Å². The Bertz CT molecular complexity index is 1030. The summed E-state index contributed by atoms with van der Waals surface area (Å²) >= 11 is 0. The van der Waals surface area contributed by atoms with Crippen molar-refractivity contribution < 1.29 is 23.5 Å². The highest BCUT2D eigenvalue weighted by molar-refractivity contribution is 6.02. The lowest BCUT2D eigenvalue weighted by atomic mass is 9.98. The average molecular weight is 420 g/mol. The molecule has 31 heavy (non-hydrogen) atoms. The Morgan fingerprint density at radius 1 is 1.10 bits per heavy atom. The minimum Gasteiger partial charge on any atom is -0.497 e. The number of furan rings is 1. The Morgan fingerprint density at radius 3 is 2.68 bits per heavy atom. The van der Waals surface area contributed by atoms with Crippen LogP contribution in [0.25, 0.3) is 0 Å². The van der Waals surface area contributed by atoms with Crippen molar-refractivity contribution in [1.29, 1.82) is 0 Å². The quantitative estimate of drug-likeness (QED) is 0.626. The minimum atomic E-state index is -0.347. The summed E-state index contributed by atoms with van der Waals surface area (Å²) in [6.07, 6.45) is 2.37. The first-order valence-corrected chi connectivity index (χ1v) is 10.1. The number of carbonyl (C=O) groups excluding carboxylic acids is 2. The summed E-state index contributed by atoms with van der Waals surface area (Å²) in [6.45, 7) is 1.33. The molecule has 1 aliphatic heterocycles. The largest absolute Gasteiger partial charge is 0.497 e. The number of methoxy groups -OCH3 is 1. The van der Waals surface area contributed by atoms with Gasteiger partial charge in [0.25, 0.3) is 11.8 Å². The van der Waals surface area contributed by atoms with E-state index in [4.69, 9.17) is 13.9 Å². The summed E-state index contributed by atoms with van der Waals surface area (Å²) in [5, 5.41) is 2.74. The smallest absolute Gasteiger partial charge is 0.291 e. The highest BCUT2D eigenvalue weighted by Crippen LogP contribution is 2.28.